The molecular weight excluding hydrogens is 426 g/mol. The van der Waals surface area contributed by atoms with E-state index in [-0.39, 0.29) is 17.9 Å². The molecule has 1 unspecified atom stereocenters. The predicted molar refractivity (Wildman–Crippen MR) is 133 cm³/mol. The summed E-state index contributed by atoms with van der Waals surface area (Å²) in [5.41, 5.74) is 3.91. The number of rotatable bonds is 8. The van der Waals surface area contributed by atoms with Gasteiger partial charge in [0.1, 0.15) is 17.0 Å². The van der Waals surface area contributed by atoms with Gasteiger partial charge in [0.25, 0.3) is 11.8 Å². The standard InChI is InChI=1S/C28H29N3O3/c1-19-20(2)34-26-18-22(12-13-24(19)26)28(33)31(3)23(17-21-9-5-4-6-10-21)14-16-30-27(32)25-11-7-8-15-29-25/h4-13,15,18,23H,14,16-17H2,1-3H3,(H,30,32). The van der Waals surface area contributed by atoms with Gasteiger partial charge >= 0.3 is 0 Å². The minimum atomic E-state index is -0.220. The quantitative estimate of drug-likeness (QED) is 0.408. The van der Waals surface area contributed by atoms with Gasteiger partial charge in [-0.05, 0) is 62.1 Å². The fraction of sp³-hybridized carbons (Fsp3) is 0.250. The maximum Gasteiger partial charge on any atom is 0.269 e. The molecule has 2 aromatic carbocycles. The highest BCUT2D eigenvalue weighted by molar-refractivity contribution is 5.98. The summed E-state index contributed by atoms with van der Waals surface area (Å²) >= 11 is 0. The van der Waals surface area contributed by atoms with E-state index in [1.165, 1.54) is 0 Å². The molecule has 0 radical (unpaired) electrons. The largest absolute Gasteiger partial charge is 0.461 e. The van der Waals surface area contributed by atoms with Gasteiger partial charge in [-0.2, -0.15) is 0 Å². The Morgan fingerprint density at radius 2 is 1.79 bits per heavy atom. The first kappa shape index (κ1) is 23.2. The van der Waals surface area contributed by atoms with Crippen molar-refractivity contribution in [1.82, 2.24) is 15.2 Å². The first-order valence-corrected chi connectivity index (χ1v) is 11.4. The predicted octanol–water partition coefficient (Wildman–Crippen LogP) is 4.95. The van der Waals surface area contributed by atoms with Gasteiger partial charge in [0.05, 0.1) is 0 Å². The van der Waals surface area contributed by atoms with Crippen LogP contribution in [0, 0.1) is 13.8 Å². The molecule has 0 aliphatic rings. The van der Waals surface area contributed by atoms with Crippen LogP contribution >= 0.6 is 0 Å². The van der Waals surface area contributed by atoms with Crippen molar-refractivity contribution in [2.45, 2.75) is 32.7 Å². The summed E-state index contributed by atoms with van der Waals surface area (Å²) in [7, 11) is 1.82. The number of likely N-dealkylation sites (N-methyl/N-ethyl adjacent to an activating group) is 1. The fourth-order valence-corrected chi connectivity index (χ4v) is 4.11. The molecule has 1 N–H and O–H groups in total. The zero-order valence-corrected chi connectivity index (χ0v) is 19.7. The molecule has 0 bridgehead atoms. The van der Waals surface area contributed by atoms with Crippen LogP contribution in [0.4, 0.5) is 0 Å². The van der Waals surface area contributed by atoms with Gasteiger partial charge in [0.15, 0.2) is 0 Å². The molecule has 2 heterocycles. The highest BCUT2D eigenvalue weighted by Crippen LogP contribution is 2.26. The summed E-state index contributed by atoms with van der Waals surface area (Å²) in [6, 6.07) is 20.8. The Morgan fingerprint density at radius 1 is 1.03 bits per heavy atom. The molecule has 34 heavy (non-hydrogen) atoms. The van der Waals surface area contributed by atoms with E-state index >= 15 is 0 Å². The van der Waals surface area contributed by atoms with Gasteiger partial charge in [-0.25, -0.2) is 0 Å². The molecule has 6 heteroatoms. The van der Waals surface area contributed by atoms with E-state index in [1.807, 2.05) is 57.3 Å². The van der Waals surface area contributed by atoms with Gasteiger partial charge < -0.3 is 14.6 Å². The minimum Gasteiger partial charge on any atom is -0.461 e. The van der Waals surface area contributed by atoms with Crippen LogP contribution in [-0.2, 0) is 6.42 Å². The number of hydrogen-bond acceptors (Lipinski definition) is 4. The molecule has 6 nitrogen and oxygen atoms in total. The third kappa shape index (κ3) is 5.17. The SMILES string of the molecule is Cc1oc2cc(C(=O)N(C)C(CCNC(=O)c3ccccn3)Cc3ccccc3)ccc2c1C. The topological polar surface area (TPSA) is 75.4 Å². The van der Waals surface area contributed by atoms with E-state index in [9.17, 15) is 9.59 Å². The first-order chi connectivity index (χ1) is 16.4. The lowest BCUT2D eigenvalue weighted by molar-refractivity contribution is 0.0723. The van der Waals surface area contributed by atoms with E-state index in [0.717, 1.165) is 27.9 Å². The number of nitrogens with zero attached hydrogens (tertiary/aromatic N) is 2. The molecule has 4 aromatic rings. The van der Waals surface area contributed by atoms with E-state index in [2.05, 4.69) is 22.4 Å². The van der Waals surface area contributed by atoms with E-state index in [4.69, 9.17) is 4.42 Å². The second-order valence-electron chi connectivity index (χ2n) is 8.51. The summed E-state index contributed by atoms with van der Waals surface area (Å²) < 4.78 is 5.83. The second kappa shape index (κ2) is 10.3. The number of pyridine rings is 1. The number of carbonyl (C=O) groups excluding carboxylic acids is 2. The number of furan rings is 1. The van der Waals surface area contributed by atoms with Crippen molar-refractivity contribution in [3.8, 4) is 0 Å². The zero-order chi connectivity index (χ0) is 24.1. The van der Waals surface area contributed by atoms with Gasteiger partial charge in [0.2, 0.25) is 0 Å². The minimum absolute atomic E-state index is 0.0782. The Kier molecular flexibility index (Phi) is 7.07. The molecule has 0 aliphatic heterocycles. The molecule has 0 spiro atoms. The second-order valence-corrected chi connectivity index (χ2v) is 8.51. The Bertz CT molecular complexity index is 1280. The van der Waals surface area contributed by atoms with Crippen molar-refractivity contribution >= 4 is 22.8 Å². The normalized spacial score (nSPS) is 11.9. The molecular formula is C28H29N3O3. The average molecular weight is 456 g/mol. The lowest BCUT2D eigenvalue weighted by atomic mass is 10.0. The van der Waals surface area contributed by atoms with Gasteiger partial charge in [-0.3, -0.25) is 14.6 Å². The molecule has 4 rings (SSSR count). The highest BCUT2D eigenvalue weighted by atomic mass is 16.3. The molecule has 0 saturated heterocycles. The molecule has 0 aliphatic carbocycles. The Hall–Kier alpha value is -3.93. The third-order valence-electron chi connectivity index (χ3n) is 6.27. The van der Waals surface area contributed by atoms with Crippen LogP contribution in [0.5, 0.6) is 0 Å². The molecule has 0 fully saturated rings. The number of nitrogens with one attached hydrogen (secondary N) is 1. The number of amides is 2. The van der Waals surface area contributed by atoms with Crippen molar-refractivity contribution in [3.63, 3.8) is 0 Å². The van der Waals surface area contributed by atoms with Crippen molar-refractivity contribution in [2.24, 2.45) is 0 Å². The van der Waals surface area contributed by atoms with E-state index < -0.39 is 0 Å². The summed E-state index contributed by atoms with van der Waals surface area (Å²) in [6.07, 6.45) is 2.89. The van der Waals surface area contributed by atoms with Crippen molar-refractivity contribution in [3.05, 3.63) is 101 Å². The molecule has 1 atom stereocenters. The number of aromatic nitrogens is 1. The highest BCUT2D eigenvalue weighted by Gasteiger charge is 2.23. The van der Waals surface area contributed by atoms with Crippen LogP contribution in [0.15, 0.2) is 77.3 Å². The Balaban J connectivity index is 1.50. The van der Waals surface area contributed by atoms with Gasteiger partial charge in [-0.15, -0.1) is 0 Å². The lowest BCUT2D eigenvalue weighted by Gasteiger charge is -2.29. The average Bonchev–Trinajstić information content (AvgIpc) is 3.16. The lowest BCUT2D eigenvalue weighted by Crippen LogP contribution is -2.41. The summed E-state index contributed by atoms with van der Waals surface area (Å²) in [5, 5.41) is 3.95. The van der Waals surface area contributed by atoms with Gasteiger partial charge in [0, 0.05) is 36.8 Å². The number of aryl methyl sites for hydroxylation is 2. The van der Waals surface area contributed by atoms with Crippen LogP contribution < -0.4 is 5.32 Å². The smallest absolute Gasteiger partial charge is 0.269 e. The van der Waals surface area contributed by atoms with Gasteiger partial charge in [-0.1, -0.05) is 42.5 Å². The van der Waals surface area contributed by atoms with Crippen molar-refractivity contribution in [1.29, 1.82) is 0 Å². The number of hydrogen-bond donors (Lipinski definition) is 1. The monoisotopic (exact) mass is 455 g/mol. The molecule has 174 valence electrons. The third-order valence-corrected chi connectivity index (χ3v) is 6.27. The van der Waals surface area contributed by atoms with Crippen LogP contribution in [0.1, 0.15) is 44.2 Å². The van der Waals surface area contributed by atoms with Crippen LogP contribution in [0.3, 0.4) is 0 Å². The Labute approximate surface area is 199 Å². The first-order valence-electron chi connectivity index (χ1n) is 11.4. The molecule has 2 amide bonds. The summed E-state index contributed by atoms with van der Waals surface area (Å²) in [4.78, 5) is 31.7. The van der Waals surface area contributed by atoms with E-state index in [0.29, 0.717) is 30.6 Å². The van der Waals surface area contributed by atoms with Crippen molar-refractivity contribution < 1.29 is 14.0 Å². The fourth-order valence-electron chi connectivity index (χ4n) is 4.11. The molecule has 0 saturated carbocycles. The van der Waals surface area contributed by atoms with E-state index in [1.54, 1.807) is 29.3 Å². The maximum absolute atomic E-state index is 13.4. The van der Waals surface area contributed by atoms with Crippen LogP contribution in [-0.4, -0.2) is 41.3 Å². The number of carbonyl (C=O) groups is 2. The zero-order valence-electron chi connectivity index (χ0n) is 19.7. The summed E-state index contributed by atoms with van der Waals surface area (Å²) in [5.74, 6) is 0.561. The Morgan fingerprint density at radius 3 is 2.53 bits per heavy atom. The maximum atomic E-state index is 13.4. The summed E-state index contributed by atoms with van der Waals surface area (Å²) in [6.45, 7) is 4.38. The molecule has 2 aromatic heterocycles. The van der Waals surface area contributed by atoms with Crippen LogP contribution in [0.25, 0.3) is 11.0 Å². The van der Waals surface area contributed by atoms with Crippen molar-refractivity contribution in [2.75, 3.05) is 13.6 Å². The van der Waals surface area contributed by atoms with Crippen LogP contribution in [0.2, 0.25) is 0 Å². The number of fused-ring (bicyclic) bond motifs is 1. The number of benzene rings is 2.